The number of para-hydroxylation sites is 1. The first-order chi connectivity index (χ1) is 14.6. The molecule has 0 aliphatic rings. The molecule has 1 aromatic heterocycles. The summed E-state index contributed by atoms with van der Waals surface area (Å²) in [7, 11) is 0. The maximum absolute atomic E-state index is 13.8. The lowest BCUT2D eigenvalue weighted by molar-refractivity contribution is 0.0524. The highest BCUT2D eigenvalue weighted by Crippen LogP contribution is 2.32. The molecule has 0 saturated heterocycles. The Labute approximate surface area is 173 Å². The van der Waals surface area contributed by atoms with Gasteiger partial charge in [0.15, 0.2) is 5.78 Å². The Balaban J connectivity index is 2.09. The van der Waals surface area contributed by atoms with Crippen molar-refractivity contribution in [1.82, 2.24) is 4.98 Å². The van der Waals surface area contributed by atoms with Gasteiger partial charge in [-0.05, 0) is 25.1 Å². The average molecular weight is 399 g/mol. The van der Waals surface area contributed by atoms with Gasteiger partial charge in [-0.2, -0.15) is 0 Å². The van der Waals surface area contributed by atoms with Crippen molar-refractivity contribution in [2.24, 2.45) is 0 Å². The molecular formula is C25H18FNO3. The predicted octanol–water partition coefficient (Wildman–Crippen LogP) is 5.45. The molecule has 0 aliphatic carbocycles. The van der Waals surface area contributed by atoms with Crippen molar-refractivity contribution in [3.05, 3.63) is 101 Å². The van der Waals surface area contributed by atoms with Crippen LogP contribution in [0.15, 0.2) is 78.9 Å². The minimum Gasteiger partial charge on any atom is -0.462 e. The van der Waals surface area contributed by atoms with Crippen molar-refractivity contribution in [1.29, 1.82) is 0 Å². The van der Waals surface area contributed by atoms with Crippen LogP contribution >= 0.6 is 0 Å². The fourth-order valence-corrected chi connectivity index (χ4v) is 3.43. The molecule has 0 N–H and O–H groups in total. The van der Waals surface area contributed by atoms with Gasteiger partial charge in [-0.1, -0.05) is 60.7 Å². The molecule has 0 bridgehead atoms. The van der Waals surface area contributed by atoms with E-state index in [1.54, 1.807) is 25.1 Å². The van der Waals surface area contributed by atoms with E-state index in [9.17, 15) is 14.0 Å². The summed E-state index contributed by atoms with van der Waals surface area (Å²) in [5.41, 5.74) is 1.98. The number of nitrogens with zero attached hydrogens (tertiary/aromatic N) is 1. The van der Waals surface area contributed by atoms with Crippen molar-refractivity contribution in [3.63, 3.8) is 0 Å². The van der Waals surface area contributed by atoms with Crippen molar-refractivity contribution >= 4 is 22.7 Å². The Hall–Kier alpha value is -3.86. The van der Waals surface area contributed by atoms with Gasteiger partial charge in [0.2, 0.25) is 0 Å². The van der Waals surface area contributed by atoms with Crippen molar-refractivity contribution in [2.45, 2.75) is 6.92 Å². The molecule has 3 aromatic carbocycles. The highest BCUT2D eigenvalue weighted by atomic mass is 19.1. The van der Waals surface area contributed by atoms with Crippen LogP contribution in [0.3, 0.4) is 0 Å². The third kappa shape index (κ3) is 3.57. The van der Waals surface area contributed by atoms with E-state index in [0.29, 0.717) is 22.2 Å². The number of halogens is 1. The minimum absolute atomic E-state index is 0.0796. The molecule has 0 aliphatic heterocycles. The van der Waals surface area contributed by atoms with E-state index >= 15 is 0 Å². The summed E-state index contributed by atoms with van der Waals surface area (Å²) in [5, 5.41) is 0.509. The highest BCUT2D eigenvalue weighted by Gasteiger charge is 2.28. The van der Waals surface area contributed by atoms with Gasteiger partial charge >= 0.3 is 5.97 Å². The fourth-order valence-electron chi connectivity index (χ4n) is 3.43. The van der Waals surface area contributed by atoms with Crippen molar-refractivity contribution in [3.8, 4) is 11.3 Å². The second-order valence-corrected chi connectivity index (χ2v) is 6.65. The fraction of sp³-hybridized carbons (Fsp3) is 0.0800. The summed E-state index contributed by atoms with van der Waals surface area (Å²) in [4.78, 5) is 31.2. The van der Waals surface area contributed by atoms with Gasteiger partial charge in [-0.25, -0.2) is 14.2 Å². The molecule has 148 valence electrons. The van der Waals surface area contributed by atoms with Crippen LogP contribution in [0.1, 0.15) is 33.2 Å². The molecule has 0 atom stereocenters. The van der Waals surface area contributed by atoms with Crippen molar-refractivity contribution < 1.29 is 18.7 Å². The number of esters is 1. The maximum Gasteiger partial charge on any atom is 0.341 e. The van der Waals surface area contributed by atoms with Crippen molar-refractivity contribution in [2.75, 3.05) is 6.61 Å². The van der Waals surface area contributed by atoms with Gasteiger partial charge in [0.05, 0.1) is 23.4 Å². The number of ketones is 1. The predicted molar refractivity (Wildman–Crippen MR) is 113 cm³/mol. The maximum atomic E-state index is 13.8. The van der Waals surface area contributed by atoms with Crippen LogP contribution < -0.4 is 0 Å². The summed E-state index contributed by atoms with van der Waals surface area (Å²) >= 11 is 0. The zero-order chi connectivity index (χ0) is 21.1. The van der Waals surface area contributed by atoms with E-state index in [1.165, 1.54) is 18.2 Å². The number of rotatable bonds is 5. The minimum atomic E-state index is -0.644. The Morgan fingerprint density at radius 2 is 1.63 bits per heavy atom. The van der Waals surface area contributed by atoms with Crippen LogP contribution in [0.4, 0.5) is 4.39 Å². The van der Waals surface area contributed by atoms with Gasteiger partial charge in [0.1, 0.15) is 5.82 Å². The first kappa shape index (κ1) is 19.5. The summed E-state index contributed by atoms with van der Waals surface area (Å²) in [6, 6.07) is 21.6. The molecule has 4 aromatic rings. The average Bonchev–Trinajstić information content (AvgIpc) is 2.78. The molecule has 5 heteroatoms. The number of pyridine rings is 1. The Morgan fingerprint density at radius 1 is 0.900 bits per heavy atom. The van der Waals surface area contributed by atoms with Crippen LogP contribution in [-0.2, 0) is 4.74 Å². The van der Waals surface area contributed by atoms with E-state index < -0.39 is 17.6 Å². The number of ether oxygens (including phenoxy) is 1. The zero-order valence-electron chi connectivity index (χ0n) is 16.3. The standard InChI is InChI=1S/C25H18FNO3/c1-2-30-25(29)22-21(24(28)17-11-8-12-18(26)15-17)19-13-6-7-14-20(19)27-23(22)16-9-4-3-5-10-16/h3-15H,2H2,1H3. The number of carbonyl (C=O) groups is 2. The number of carbonyl (C=O) groups excluding carboxylic acids is 2. The lowest BCUT2D eigenvalue weighted by Crippen LogP contribution is -2.16. The van der Waals surface area contributed by atoms with Crippen LogP contribution in [0.2, 0.25) is 0 Å². The Bertz CT molecular complexity index is 1250. The molecule has 0 amide bonds. The van der Waals surface area contributed by atoms with Crippen LogP contribution in [0, 0.1) is 5.82 Å². The molecular weight excluding hydrogens is 381 g/mol. The molecule has 4 nitrogen and oxygen atoms in total. The van der Waals surface area contributed by atoms with Gasteiger partial charge in [0.25, 0.3) is 0 Å². The summed E-state index contributed by atoms with van der Waals surface area (Å²) in [6.07, 6.45) is 0. The third-order valence-corrected chi connectivity index (χ3v) is 4.73. The number of hydrogen-bond donors (Lipinski definition) is 0. The molecule has 0 saturated carbocycles. The summed E-state index contributed by atoms with van der Waals surface area (Å²) < 4.78 is 19.1. The molecule has 0 radical (unpaired) electrons. The lowest BCUT2D eigenvalue weighted by Gasteiger charge is -2.16. The molecule has 1 heterocycles. The Kier molecular flexibility index (Phi) is 5.35. The lowest BCUT2D eigenvalue weighted by atomic mass is 9.91. The summed E-state index contributed by atoms with van der Waals surface area (Å²) in [5.74, 6) is -1.64. The smallest absolute Gasteiger partial charge is 0.341 e. The first-order valence-electron chi connectivity index (χ1n) is 9.55. The first-order valence-corrected chi connectivity index (χ1v) is 9.55. The summed E-state index contributed by atoms with van der Waals surface area (Å²) in [6.45, 7) is 1.84. The SMILES string of the molecule is CCOC(=O)c1c(-c2ccccc2)nc2ccccc2c1C(=O)c1cccc(F)c1. The largest absolute Gasteiger partial charge is 0.462 e. The van der Waals surface area contributed by atoms with Crippen LogP contribution in [-0.4, -0.2) is 23.3 Å². The van der Waals surface area contributed by atoms with E-state index in [1.807, 2.05) is 36.4 Å². The highest BCUT2D eigenvalue weighted by molar-refractivity contribution is 6.22. The van der Waals surface area contributed by atoms with E-state index in [-0.39, 0.29) is 23.3 Å². The normalized spacial score (nSPS) is 10.7. The van der Waals surface area contributed by atoms with Crippen LogP contribution in [0.5, 0.6) is 0 Å². The molecule has 0 fully saturated rings. The topological polar surface area (TPSA) is 56.3 Å². The number of fused-ring (bicyclic) bond motifs is 1. The number of aromatic nitrogens is 1. The van der Waals surface area contributed by atoms with E-state index in [2.05, 4.69) is 4.98 Å². The van der Waals surface area contributed by atoms with E-state index in [0.717, 1.165) is 6.07 Å². The zero-order valence-corrected chi connectivity index (χ0v) is 16.3. The Morgan fingerprint density at radius 3 is 2.37 bits per heavy atom. The molecule has 0 unspecified atom stereocenters. The van der Waals surface area contributed by atoms with Gasteiger partial charge < -0.3 is 4.74 Å². The quantitative estimate of drug-likeness (QED) is 0.331. The molecule has 0 spiro atoms. The second kappa shape index (κ2) is 8.25. The van der Waals surface area contributed by atoms with Gasteiger partial charge in [-0.15, -0.1) is 0 Å². The third-order valence-electron chi connectivity index (χ3n) is 4.73. The monoisotopic (exact) mass is 399 g/mol. The molecule has 30 heavy (non-hydrogen) atoms. The molecule has 4 rings (SSSR count). The van der Waals surface area contributed by atoms with Gasteiger partial charge in [-0.3, -0.25) is 4.79 Å². The van der Waals surface area contributed by atoms with Gasteiger partial charge in [0, 0.05) is 22.1 Å². The van der Waals surface area contributed by atoms with E-state index in [4.69, 9.17) is 4.74 Å². The number of benzene rings is 3. The number of hydrogen-bond acceptors (Lipinski definition) is 4. The van der Waals surface area contributed by atoms with Crippen LogP contribution in [0.25, 0.3) is 22.2 Å². The second-order valence-electron chi connectivity index (χ2n) is 6.65.